The van der Waals surface area contributed by atoms with Crippen LogP contribution in [0.3, 0.4) is 0 Å². The van der Waals surface area contributed by atoms with Gasteiger partial charge in [0.15, 0.2) is 0 Å². The van der Waals surface area contributed by atoms with Gasteiger partial charge in [-0.2, -0.15) is 5.26 Å². The number of nitriles is 1. The molecular formula is C24H25N7O. The topological polar surface area (TPSA) is 109 Å². The molecule has 32 heavy (non-hydrogen) atoms. The molecule has 162 valence electrons. The van der Waals surface area contributed by atoms with E-state index in [0.717, 1.165) is 54.3 Å². The molecule has 0 aliphatic heterocycles. The van der Waals surface area contributed by atoms with Gasteiger partial charge < -0.3 is 9.88 Å². The zero-order valence-corrected chi connectivity index (χ0v) is 18.2. The first kappa shape index (κ1) is 20.3. The van der Waals surface area contributed by atoms with E-state index in [1.54, 1.807) is 12.4 Å². The number of amides is 1. The summed E-state index contributed by atoms with van der Waals surface area (Å²) >= 11 is 0. The van der Waals surface area contributed by atoms with Crippen LogP contribution in [0.4, 0.5) is 5.69 Å². The highest BCUT2D eigenvalue weighted by atomic mass is 16.1. The van der Waals surface area contributed by atoms with Crippen molar-refractivity contribution in [3.05, 3.63) is 65.3 Å². The maximum Gasteiger partial charge on any atom is 0.274 e. The van der Waals surface area contributed by atoms with Crippen molar-refractivity contribution in [2.45, 2.75) is 50.4 Å². The van der Waals surface area contributed by atoms with Crippen molar-refractivity contribution < 1.29 is 4.79 Å². The number of aryl methyl sites for hydroxylation is 2. The first-order chi connectivity index (χ1) is 15.5. The van der Waals surface area contributed by atoms with Crippen LogP contribution in [0.15, 0.2) is 36.7 Å². The van der Waals surface area contributed by atoms with Gasteiger partial charge in [-0.3, -0.25) is 4.79 Å². The van der Waals surface area contributed by atoms with E-state index in [0.29, 0.717) is 18.0 Å². The van der Waals surface area contributed by atoms with Crippen LogP contribution < -0.4 is 5.32 Å². The smallest absolute Gasteiger partial charge is 0.274 e. The number of carbonyl (C=O) groups excluding carboxylic acids is 1. The van der Waals surface area contributed by atoms with Gasteiger partial charge in [0.2, 0.25) is 0 Å². The summed E-state index contributed by atoms with van der Waals surface area (Å²) in [6.07, 6.45) is 6.11. The van der Waals surface area contributed by atoms with Crippen molar-refractivity contribution in [1.82, 2.24) is 24.7 Å². The zero-order valence-electron chi connectivity index (χ0n) is 18.2. The third kappa shape index (κ3) is 3.86. The molecule has 2 aliphatic carbocycles. The Labute approximate surface area is 186 Å². The number of rotatable bonds is 6. The predicted octanol–water partition coefficient (Wildman–Crippen LogP) is 3.46. The van der Waals surface area contributed by atoms with Gasteiger partial charge in [0.05, 0.1) is 6.07 Å². The van der Waals surface area contributed by atoms with Crippen LogP contribution in [0, 0.1) is 24.2 Å². The molecule has 3 aromatic rings. The van der Waals surface area contributed by atoms with E-state index in [-0.39, 0.29) is 17.2 Å². The van der Waals surface area contributed by atoms with Crippen LogP contribution in [0.25, 0.3) is 0 Å². The average Bonchev–Trinajstić information content (AvgIpc) is 3.53. The highest BCUT2D eigenvalue weighted by Crippen LogP contribution is 2.50. The lowest BCUT2D eigenvalue weighted by Crippen LogP contribution is -2.43. The zero-order chi connectivity index (χ0) is 22.3. The Bertz CT molecular complexity index is 1220. The molecule has 0 atom stereocenters. The molecule has 0 spiro atoms. The van der Waals surface area contributed by atoms with E-state index in [4.69, 9.17) is 0 Å². The van der Waals surface area contributed by atoms with Crippen molar-refractivity contribution in [3.63, 3.8) is 0 Å². The second-order valence-corrected chi connectivity index (χ2v) is 9.11. The minimum absolute atomic E-state index is 0.0336. The minimum atomic E-state index is -0.236. The van der Waals surface area contributed by atoms with Crippen LogP contribution in [-0.2, 0) is 18.9 Å². The molecule has 1 aromatic carbocycles. The lowest BCUT2D eigenvalue weighted by molar-refractivity contribution is 0.102. The summed E-state index contributed by atoms with van der Waals surface area (Å²) in [4.78, 5) is 21.9. The number of nitrogens with one attached hydrogen (secondary N) is 1. The first-order valence-electron chi connectivity index (χ1n) is 11.0. The lowest BCUT2D eigenvalue weighted by atomic mass is 9.57. The van der Waals surface area contributed by atoms with Crippen LogP contribution in [-0.4, -0.2) is 30.6 Å². The van der Waals surface area contributed by atoms with Gasteiger partial charge in [-0.05, 0) is 56.4 Å². The fourth-order valence-corrected chi connectivity index (χ4v) is 4.58. The van der Waals surface area contributed by atoms with E-state index in [1.807, 2.05) is 36.7 Å². The average molecular weight is 428 g/mol. The van der Waals surface area contributed by atoms with Gasteiger partial charge in [-0.1, -0.05) is 12.1 Å². The molecule has 0 radical (unpaired) electrons. The van der Waals surface area contributed by atoms with Crippen molar-refractivity contribution in [1.29, 1.82) is 5.26 Å². The highest BCUT2D eigenvalue weighted by Gasteiger charge is 2.46. The molecule has 2 fully saturated rings. The predicted molar refractivity (Wildman–Crippen MR) is 118 cm³/mol. The van der Waals surface area contributed by atoms with E-state index in [9.17, 15) is 10.1 Å². The fraction of sp³-hybridized carbons (Fsp3) is 0.417. The van der Waals surface area contributed by atoms with Crippen LogP contribution in [0.5, 0.6) is 0 Å². The number of hydrogen-bond acceptors (Lipinski definition) is 6. The molecule has 2 saturated carbocycles. The molecule has 0 bridgehead atoms. The minimum Gasteiger partial charge on any atom is -0.321 e. The molecule has 5 rings (SSSR count). The second-order valence-electron chi connectivity index (χ2n) is 9.11. The number of nitrogens with zero attached hydrogens (tertiary/aromatic N) is 6. The van der Waals surface area contributed by atoms with Crippen molar-refractivity contribution in [2.75, 3.05) is 5.32 Å². The Balaban J connectivity index is 1.39. The standard InChI is InChI=1S/C24H25N7O/c1-15-8-20(29-22(27-15)17-6-7-17)23(32)28-19-5-3-4-18(9-19)24(10-16(11-24)13-25)12-21-30-26-14-31(21)2/h3-5,8-9,14,16-17H,6-7,10-12H2,1-2H3,(H,28,32)/t16-,24-. The van der Waals surface area contributed by atoms with E-state index in [2.05, 4.69) is 37.6 Å². The molecule has 1 amide bonds. The summed E-state index contributed by atoms with van der Waals surface area (Å²) in [6, 6.07) is 12.0. The second kappa shape index (κ2) is 7.83. The lowest BCUT2D eigenvalue weighted by Gasteiger charge is -2.45. The molecular weight excluding hydrogens is 402 g/mol. The van der Waals surface area contributed by atoms with Crippen LogP contribution in [0.2, 0.25) is 0 Å². The fourth-order valence-electron chi connectivity index (χ4n) is 4.58. The summed E-state index contributed by atoms with van der Waals surface area (Å²) in [5.41, 5.74) is 2.83. The molecule has 1 N–H and O–H groups in total. The van der Waals surface area contributed by atoms with Gasteiger partial charge in [0.25, 0.3) is 5.91 Å². The molecule has 8 heteroatoms. The molecule has 2 aliphatic rings. The number of hydrogen-bond donors (Lipinski definition) is 1. The normalized spacial score (nSPS) is 22.1. The molecule has 0 saturated heterocycles. The Hall–Kier alpha value is -3.60. The Morgan fingerprint density at radius 3 is 2.78 bits per heavy atom. The highest BCUT2D eigenvalue weighted by molar-refractivity contribution is 6.03. The first-order valence-corrected chi connectivity index (χ1v) is 11.0. The SMILES string of the molecule is Cc1cc(C(=O)Nc2cccc([C@]3(Cc4nncn4C)C[C@@H](C#N)C3)c2)nc(C2CC2)n1. The van der Waals surface area contributed by atoms with Gasteiger partial charge >= 0.3 is 0 Å². The third-order valence-electron chi connectivity index (χ3n) is 6.54. The van der Waals surface area contributed by atoms with Gasteiger partial charge in [-0.25, -0.2) is 9.97 Å². The molecule has 2 aromatic heterocycles. The third-order valence-corrected chi connectivity index (χ3v) is 6.54. The van der Waals surface area contributed by atoms with Gasteiger partial charge in [0, 0.05) is 42.1 Å². The Morgan fingerprint density at radius 2 is 2.09 bits per heavy atom. The summed E-state index contributed by atoms with van der Waals surface area (Å²) in [6.45, 7) is 1.89. The van der Waals surface area contributed by atoms with Gasteiger partial charge in [0.1, 0.15) is 23.7 Å². The molecule has 8 nitrogen and oxygen atoms in total. The maximum atomic E-state index is 12.9. The number of carbonyl (C=O) groups is 1. The summed E-state index contributed by atoms with van der Waals surface area (Å²) in [5, 5.41) is 20.6. The Kier molecular flexibility index (Phi) is 4.97. The summed E-state index contributed by atoms with van der Waals surface area (Å²) in [5.74, 6) is 1.84. The van der Waals surface area contributed by atoms with Crippen molar-refractivity contribution in [3.8, 4) is 6.07 Å². The van der Waals surface area contributed by atoms with Crippen molar-refractivity contribution in [2.24, 2.45) is 13.0 Å². The van der Waals surface area contributed by atoms with E-state index < -0.39 is 0 Å². The largest absolute Gasteiger partial charge is 0.321 e. The van der Waals surface area contributed by atoms with Crippen molar-refractivity contribution >= 4 is 11.6 Å². The number of anilines is 1. The maximum absolute atomic E-state index is 12.9. The Morgan fingerprint density at radius 1 is 1.28 bits per heavy atom. The number of benzene rings is 1. The van der Waals surface area contributed by atoms with Gasteiger partial charge in [-0.15, -0.1) is 10.2 Å². The van der Waals surface area contributed by atoms with Crippen LogP contribution in [0.1, 0.15) is 65.0 Å². The monoisotopic (exact) mass is 427 g/mol. The summed E-state index contributed by atoms with van der Waals surface area (Å²) in [7, 11) is 1.93. The quantitative estimate of drug-likeness (QED) is 0.645. The van der Waals surface area contributed by atoms with E-state index >= 15 is 0 Å². The molecule has 0 unspecified atom stereocenters. The number of aromatic nitrogens is 5. The van der Waals surface area contributed by atoms with E-state index in [1.165, 1.54) is 0 Å². The summed E-state index contributed by atoms with van der Waals surface area (Å²) < 4.78 is 1.92. The van der Waals surface area contributed by atoms with Crippen LogP contribution >= 0.6 is 0 Å². The molecule has 2 heterocycles.